The summed E-state index contributed by atoms with van der Waals surface area (Å²) in [6.07, 6.45) is 4.32. The molecule has 0 radical (unpaired) electrons. The number of anilines is 1. The predicted molar refractivity (Wildman–Crippen MR) is 137 cm³/mol. The average molecular weight is 539 g/mol. The van der Waals surface area contributed by atoms with Crippen molar-refractivity contribution in [2.75, 3.05) is 38.2 Å². The quantitative estimate of drug-likeness (QED) is 0.287. The van der Waals surface area contributed by atoms with E-state index in [4.69, 9.17) is 14.5 Å². The third-order valence-electron chi connectivity index (χ3n) is 4.96. The van der Waals surface area contributed by atoms with E-state index < -0.39 is 0 Å². The Bertz CT molecular complexity index is 827. The van der Waals surface area contributed by atoms with Crippen LogP contribution in [0.1, 0.15) is 32.3 Å². The van der Waals surface area contributed by atoms with E-state index >= 15 is 0 Å². The van der Waals surface area contributed by atoms with Crippen molar-refractivity contribution in [2.45, 2.75) is 39.3 Å². The Morgan fingerprint density at radius 1 is 1.16 bits per heavy atom. The van der Waals surface area contributed by atoms with E-state index in [-0.39, 0.29) is 30.1 Å². The van der Waals surface area contributed by atoms with Crippen LogP contribution in [0.3, 0.4) is 0 Å². The van der Waals surface area contributed by atoms with Gasteiger partial charge in [0.25, 0.3) is 0 Å². The first kappa shape index (κ1) is 25.0. The predicted octanol–water partition coefficient (Wildman–Crippen LogP) is 3.83. The fourth-order valence-corrected chi connectivity index (χ4v) is 3.41. The summed E-state index contributed by atoms with van der Waals surface area (Å²) in [6, 6.07) is 11.8. The molecule has 2 aromatic rings. The molecule has 0 saturated carbocycles. The highest BCUT2D eigenvalue weighted by atomic mass is 127. The Hall–Kier alpha value is -2.23. The number of halogens is 1. The molecule has 0 aliphatic carbocycles. The second kappa shape index (κ2) is 13.2. The number of ether oxygens (including phenoxy) is 2. The van der Waals surface area contributed by atoms with Gasteiger partial charge in [0.15, 0.2) is 17.5 Å². The van der Waals surface area contributed by atoms with Crippen LogP contribution in [0.5, 0.6) is 11.5 Å². The molecule has 8 heteroatoms. The van der Waals surface area contributed by atoms with Gasteiger partial charge < -0.3 is 25.0 Å². The van der Waals surface area contributed by atoms with Crippen LogP contribution in [0.2, 0.25) is 0 Å². The van der Waals surface area contributed by atoms with Crippen molar-refractivity contribution in [1.82, 2.24) is 15.6 Å². The average Bonchev–Trinajstić information content (AvgIpc) is 3.31. The summed E-state index contributed by atoms with van der Waals surface area (Å²) in [6.45, 7) is 8.28. The Morgan fingerprint density at radius 3 is 2.61 bits per heavy atom. The molecule has 1 aliphatic rings. The second-order valence-electron chi connectivity index (χ2n) is 7.37. The van der Waals surface area contributed by atoms with Gasteiger partial charge in [0.05, 0.1) is 20.2 Å². The van der Waals surface area contributed by atoms with E-state index in [1.54, 1.807) is 7.11 Å². The van der Waals surface area contributed by atoms with Crippen molar-refractivity contribution < 1.29 is 9.47 Å². The normalized spacial score (nSPS) is 14.5. The van der Waals surface area contributed by atoms with Crippen LogP contribution in [-0.2, 0) is 6.54 Å². The molecule has 1 atom stereocenters. The molecule has 2 heterocycles. The number of aromatic nitrogens is 1. The number of rotatable bonds is 9. The zero-order chi connectivity index (χ0) is 21.2. The van der Waals surface area contributed by atoms with Crippen molar-refractivity contribution in [1.29, 1.82) is 0 Å². The third-order valence-corrected chi connectivity index (χ3v) is 4.96. The minimum Gasteiger partial charge on any atom is -0.493 e. The summed E-state index contributed by atoms with van der Waals surface area (Å²) in [5, 5.41) is 6.66. The highest BCUT2D eigenvalue weighted by Gasteiger charge is 2.13. The SMILES string of the molecule is CCNC(=NCc1ccnc(N2CCCC2)c1)NCC(C)Oc1ccccc1OC.I. The molecule has 0 bridgehead atoms. The molecule has 31 heavy (non-hydrogen) atoms. The fraction of sp³-hybridized carbons (Fsp3) is 0.478. The van der Waals surface area contributed by atoms with Gasteiger partial charge in [-0.05, 0) is 56.5 Å². The summed E-state index contributed by atoms with van der Waals surface area (Å²) in [4.78, 5) is 11.6. The lowest BCUT2D eigenvalue weighted by atomic mass is 10.2. The van der Waals surface area contributed by atoms with E-state index in [2.05, 4.69) is 33.5 Å². The number of aliphatic imine (C=N–C) groups is 1. The van der Waals surface area contributed by atoms with E-state index in [1.165, 1.54) is 12.8 Å². The van der Waals surface area contributed by atoms with E-state index in [0.29, 0.717) is 13.1 Å². The van der Waals surface area contributed by atoms with Gasteiger partial charge in [-0.1, -0.05) is 12.1 Å². The molecular weight excluding hydrogens is 505 g/mol. The lowest BCUT2D eigenvalue weighted by molar-refractivity contribution is 0.213. The van der Waals surface area contributed by atoms with Crippen molar-refractivity contribution >= 4 is 35.8 Å². The molecule has 1 unspecified atom stereocenters. The van der Waals surface area contributed by atoms with Gasteiger partial charge in [-0.2, -0.15) is 0 Å². The summed E-state index contributed by atoms with van der Waals surface area (Å²) in [5.74, 6) is 3.29. The van der Waals surface area contributed by atoms with Crippen molar-refractivity contribution in [3.05, 3.63) is 48.2 Å². The molecule has 0 amide bonds. The monoisotopic (exact) mass is 539 g/mol. The first-order chi connectivity index (χ1) is 14.7. The van der Waals surface area contributed by atoms with Crippen molar-refractivity contribution in [3.8, 4) is 11.5 Å². The molecule has 1 fully saturated rings. The van der Waals surface area contributed by atoms with Gasteiger partial charge >= 0.3 is 0 Å². The van der Waals surface area contributed by atoms with E-state index in [1.807, 2.05) is 43.5 Å². The van der Waals surface area contributed by atoms with Gasteiger partial charge in [0.2, 0.25) is 0 Å². The van der Waals surface area contributed by atoms with Crippen LogP contribution < -0.4 is 25.0 Å². The maximum Gasteiger partial charge on any atom is 0.191 e. The number of guanidine groups is 1. The first-order valence-corrected chi connectivity index (χ1v) is 10.7. The summed E-state index contributed by atoms with van der Waals surface area (Å²) >= 11 is 0. The molecule has 3 rings (SSSR count). The second-order valence-corrected chi connectivity index (χ2v) is 7.37. The number of nitrogens with one attached hydrogen (secondary N) is 2. The van der Waals surface area contributed by atoms with Crippen LogP contribution in [0.15, 0.2) is 47.6 Å². The Kier molecular flexibility index (Phi) is 10.7. The van der Waals surface area contributed by atoms with Crippen LogP contribution in [-0.4, -0.2) is 50.3 Å². The first-order valence-electron chi connectivity index (χ1n) is 10.7. The number of pyridine rings is 1. The molecule has 2 N–H and O–H groups in total. The standard InChI is InChI=1S/C23H33N5O2.HI/c1-4-24-23(26-16-18(2)30-21-10-6-5-9-20(21)29-3)27-17-19-11-12-25-22(15-19)28-13-7-8-14-28;/h5-6,9-12,15,18H,4,7-8,13-14,16-17H2,1-3H3,(H2,24,26,27);1H. The summed E-state index contributed by atoms with van der Waals surface area (Å²) < 4.78 is 11.4. The minimum atomic E-state index is -0.0483. The lowest BCUT2D eigenvalue weighted by Gasteiger charge is -2.19. The summed E-state index contributed by atoms with van der Waals surface area (Å²) in [7, 11) is 1.65. The molecule has 0 spiro atoms. The number of nitrogens with zero attached hydrogens (tertiary/aromatic N) is 3. The molecule has 1 saturated heterocycles. The Labute approximate surface area is 202 Å². The Balaban J connectivity index is 0.00000341. The van der Waals surface area contributed by atoms with Gasteiger partial charge in [-0.3, -0.25) is 0 Å². The van der Waals surface area contributed by atoms with Crippen LogP contribution >= 0.6 is 24.0 Å². The molecule has 1 aromatic carbocycles. The Morgan fingerprint density at radius 2 is 1.90 bits per heavy atom. The van der Waals surface area contributed by atoms with Crippen molar-refractivity contribution in [2.24, 2.45) is 4.99 Å². The molecule has 1 aromatic heterocycles. The molecule has 1 aliphatic heterocycles. The van der Waals surface area contributed by atoms with Gasteiger partial charge in [-0.25, -0.2) is 9.98 Å². The minimum absolute atomic E-state index is 0. The van der Waals surface area contributed by atoms with Gasteiger partial charge in [-0.15, -0.1) is 24.0 Å². The number of methoxy groups -OCH3 is 1. The topological polar surface area (TPSA) is 71.0 Å². The highest BCUT2D eigenvalue weighted by Crippen LogP contribution is 2.26. The van der Waals surface area contributed by atoms with Crippen LogP contribution in [0, 0.1) is 0 Å². The van der Waals surface area contributed by atoms with Crippen molar-refractivity contribution in [3.63, 3.8) is 0 Å². The summed E-state index contributed by atoms with van der Waals surface area (Å²) in [5.41, 5.74) is 1.16. The molecular formula is C23H34IN5O2. The number of benzene rings is 1. The number of hydrogen-bond donors (Lipinski definition) is 2. The molecule has 170 valence electrons. The zero-order valence-corrected chi connectivity index (χ0v) is 21.0. The van der Waals surface area contributed by atoms with E-state index in [0.717, 1.165) is 48.5 Å². The zero-order valence-electron chi connectivity index (χ0n) is 18.6. The highest BCUT2D eigenvalue weighted by molar-refractivity contribution is 14.0. The smallest absolute Gasteiger partial charge is 0.191 e. The van der Waals surface area contributed by atoms with Gasteiger partial charge in [0.1, 0.15) is 11.9 Å². The third kappa shape index (κ3) is 7.75. The maximum atomic E-state index is 6.02. The van der Waals surface area contributed by atoms with Gasteiger partial charge in [0, 0.05) is 25.8 Å². The van der Waals surface area contributed by atoms with Crippen LogP contribution in [0.25, 0.3) is 0 Å². The fourth-order valence-electron chi connectivity index (χ4n) is 3.41. The lowest BCUT2D eigenvalue weighted by Crippen LogP contribution is -2.41. The van der Waals surface area contributed by atoms with E-state index in [9.17, 15) is 0 Å². The maximum absolute atomic E-state index is 6.02. The largest absolute Gasteiger partial charge is 0.493 e. The van der Waals surface area contributed by atoms with Crippen LogP contribution in [0.4, 0.5) is 5.82 Å². The number of para-hydroxylation sites is 2. The molecule has 7 nitrogen and oxygen atoms in total. The number of hydrogen-bond acceptors (Lipinski definition) is 5.